The number of nitrogens with one attached hydrogen (secondary N) is 2. The second-order valence-corrected chi connectivity index (χ2v) is 4.62. The SMILES string of the molecule is CNC(=O)C1CCCCN1c1cc(NN)nc(C)n1. The van der Waals surface area contributed by atoms with Gasteiger partial charge < -0.3 is 15.6 Å². The van der Waals surface area contributed by atoms with Crippen molar-refractivity contribution in [2.45, 2.75) is 32.2 Å². The number of aromatic nitrogens is 2. The normalized spacial score (nSPS) is 19.1. The van der Waals surface area contributed by atoms with Gasteiger partial charge in [-0.1, -0.05) is 0 Å². The number of hydrogen-bond acceptors (Lipinski definition) is 6. The lowest BCUT2D eigenvalue weighted by atomic mass is 10.0. The van der Waals surface area contributed by atoms with Gasteiger partial charge in [0.25, 0.3) is 0 Å². The Hall–Kier alpha value is -1.89. The van der Waals surface area contributed by atoms with Crippen LogP contribution >= 0.6 is 0 Å². The first-order valence-electron chi connectivity index (χ1n) is 6.46. The number of hydrogen-bond donors (Lipinski definition) is 3. The van der Waals surface area contributed by atoms with Crippen LogP contribution in [0.3, 0.4) is 0 Å². The summed E-state index contributed by atoms with van der Waals surface area (Å²) < 4.78 is 0. The highest BCUT2D eigenvalue weighted by Gasteiger charge is 2.29. The molecule has 0 saturated carbocycles. The van der Waals surface area contributed by atoms with Crippen LogP contribution < -0.4 is 21.5 Å². The largest absolute Gasteiger partial charge is 0.357 e. The smallest absolute Gasteiger partial charge is 0.242 e. The van der Waals surface area contributed by atoms with E-state index >= 15 is 0 Å². The van der Waals surface area contributed by atoms with Crippen LogP contribution in [-0.4, -0.2) is 35.5 Å². The fourth-order valence-electron chi connectivity index (χ4n) is 2.42. The highest BCUT2D eigenvalue weighted by Crippen LogP contribution is 2.24. The van der Waals surface area contributed by atoms with E-state index in [9.17, 15) is 4.79 Å². The Bertz CT molecular complexity index is 464. The standard InChI is InChI=1S/C12H20N6O/c1-8-15-10(17-13)7-11(16-8)18-6-4-3-5-9(18)12(19)14-2/h7,9H,3-6,13H2,1-2H3,(H,14,19)(H,15,16,17). The molecular formula is C12H20N6O. The van der Waals surface area contributed by atoms with Gasteiger partial charge in [-0.2, -0.15) is 0 Å². The molecule has 1 aromatic heterocycles. The molecule has 0 aromatic carbocycles. The Kier molecular flexibility index (Phi) is 4.16. The van der Waals surface area contributed by atoms with Crippen LogP contribution in [0.15, 0.2) is 6.07 Å². The third-order valence-corrected chi connectivity index (χ3v) is 3.32. The number of carbonyl (C=O) groups excluding carboxylic acids is 1. The maximum Gasteiger partial charge on any atom is 0.242 e. The lowest BCUT2D eigenvalue weighted by Crippen LogP contribution is -2.49. The zero-order valence-corrected chi connectivity index (χ0v) is 11.3. The highest BCUT2D eigenvalue weighted by atomic mass is 16.2. The molecule has 2 rings (SSSR count). The van der Waals surface area contributed by atoms with E-state index in [0.717, 1.165) is 31.6 Å². The van der Waals surface area contributed by atoms with Gasteiger partial charge in [-0.05, 0) is 26.2 Å². The number of piperidine rings is 1. The summed E-state index contributed by atoms with van der Waals surface area (Å²) in [4.78, 5) is 22.6. The molecule has 0 radical (unpaired) electrons. The van der Waals surface area contributed by atoms with Crippen molar-refractivity contribution in [3.8, 4) is 0 Å². The topological polar surface area (TPSA) is 96.2 Å². The fraction of sp³-hybridized carbons (Fsp3) is 0.583. The number of nitrogens with zero attached hydrogens (tertiary/aromatic N) is 3. The molecule has 1 aliphatic heterocycles. The Morgan fingerprint density at radius 3 is 2.95 bits per heavy atom. The fourth-order valence-corrected chi connectivity index (χ4v) is 2.42. The molecule has 2 heterocycles. The Morgan fingerprint density at radius 2 is 2.26 bits per heavy atom. The average molecular weight is 264 g/mol. The molecule has 7 nitrogen and oxygen atoms in total. The molecule has 19 heavy (non-hydrogen) atoms. The summed E-state index contributed by atoms with van der Waals surface area (Å²) in [6, 6.07) is 1.60. The van der Waals surface area contributed by atoms with E-state index in [-0.39, 0.29) is 11.9 Å². The zero-order valence-electron chi connectivity index (χ0n) is 11.3. The molecule has 1 fully saturated rings. The molecule has 0 bridgehead atoms. The first-order valence-corrected chi connectivity index (χ1v) is 6.46. The van der Waals surface area contributed by atoms with Crippen LogP contribution in [0, 0.1) is 6.92 Å². The monoisotopic (exact) mass is 264 g/mol. The van der Waals surface area contributed by atoms with Crippen LogP contribution in [0.25, 0.3) is 0 Å². The number of rotatable bonds is 3. The second-order valence-electron chi connectivity index (χ2n) is 4.62. The Labute approximate surface area is 112 Å². The van der Waals surface area contributed by atoms with Crippen molar-refractivity contribution in [1.82, 2.24) is 15.3 Å². The minimum absolute atomic E-state index is 0.0261. The van der Waals surface area contributed by atoms with Crippen molar-refractivity contribution in [3.63, 3.8) is 0 Å². The van der Waals surface area contributed by atoms with Gasteiger partial charge in [0.1, 0.15) is 23.5 Å². The number of amides is 1. The van der Waals surface area contributed by atoms with E-state index in [4.69, 9.17) is 5.84 Å². The van der Waals surface area contributed by atoms with E-state index in [1.54, 1.807) is 13.1 Å². The van der Waals surface area contributed by atoms with Crippen molar-refractivity contribution in [2.24, 2.45) is 5.84 Å². The molecule has 1 unspecified atom stereocenters. The van der Waals surface area contributed by atoms with E-state index < -0.39 is 0 Å². The molecule has 0 aliphatic carbocycles. The third-order valence-electron chi connectivity index (χ3n) is 3.32. The quantitative estimate of drug-likeness (QED) is 0.532. The number of anilines is 2. The van der Waals surface area contributed by atoms with Gasteiger partial charge in [0.15, 0.2) is 0 Å². The van der Waals surface area contributed by atoms with E-state index in [2.05, 4.69) is 20.7 Å². The number of likely N-dealkylation sites (N-methyl/N-ethyl adjacent to an activating group) is 1. The summed E-state index contributed by atoms with van der Waals surface area (Å²) >= 11 is 0. The number of carbonyl (C=O) groups is 1. The summed E-state index contributed by atoms with van der Waals surface area (Å²) in [7, 11) is 1.66. The van der Waals surface area contributed by atoms with Crippen LogP contribution in [0.5, 0.6) is 0 Å². The first kappa shape index (κ1) is 13.5. The number of hydrazine groups is 1. The van der Waals surface area contributed by atoms with Crippen LogP contribution in [0.2, 0.25) is 0 Å². The Balaban J connectivity index is 2.31. The van der Waals surface area contributed by atoms with Gasteiger partial charge in [-0.15, -0.1) is 0 Å². The summed E-state index contributed by atoms with van der Waals surface area (Å²) in [6.45, 7) is 2.63. The van der Waals surface area contributed by atoms with Gasteiger partial charge in [-0.25, -0.2) is 15.8 Å². The molecule has 0 spiro atoms. The molecule has 4 N–H and O–H groups in total. The second kappa shape index (κ2) is 5.83. The molecule has 1 aromatic rings. The predicted octanol–water partition coefficient (Wildman–Crippen LogP) is 0.176. The van der Waals surface area contributed by atoms with Crippen LogP contribution in [0.1, 0.15) is 25.1 Å². The summed E-state index contributed by atoms with van der Waals surface area (Å²) in [6.07, 6.45) is 2.96. The van der Waals surface area contributed by atoms with E-state index in [1.807, 2.05) is 11.8 Å². The van der Waals surface area contributed by atoms with Crippen molar-refractivity contribution in [3.05, 3.63) is 11.9 Å². The van der Waals surface area contributed by atoms with Gasteiger partial charge in [-0.3, -0.25) is 4.79 Å². The van der Waals surface area contributed by atoms with Crippen LogP contribution in [0.4, 0.5) is 11.6 Å². The van der Waals surface area contributed by atoms with Crippen molar-refractivity contribution >= 4 is 17.5 Å². The van der Waals surface area contributed by atoms with Crippen molar-refractivity contribution in [2.75, 3.05) is 23.9 Å². The van der Waals surface area contributed by atoms with E-state index in [0.29, 0.717) is 11.6 Å². The Morgan fingerprint density at radius 1 is 1.47 bits per heavy atom. The summed E-state index contributed by atoms with van der Waals surface area (Å²) in [5, 5.41) is 2.71. The molecule has 1 aliphatic rings. The number of nitrogen functional groups attached to an aromatic ring is 1. The minimum atomic E-state index is -0.168. The van der Waals surface area contributed by atoms with Crippen LogP contribution in [-0.2, 0) is 4.79 Å². The van der Waals surface area contributed by atoms with Gasteiger partial charge >= 0.3 is 0 Å². The third kappa shape index (κ3) is 2.93. The molecule has 7 heteroatoms. The molecule has 1 amide bonds. The van der Waals surface area contributed by atoms with Crippen molar-refractivity contribution in [1.29, 1.82) is 0 Å². The maximum absolute atomic E-state index is 12.0. The van der Waals surface area contributed by atoms with E-state index in [1.165, 1.54) is 0 Å². The molecule has 1 atom stereocenters. The average Bonchev–Trinajstić information content (AvgIpc) is 2.45. The summed E-state index contributed by atoms with van der Waals surface area (Å²) in [5.41, 5.74) is 2.53. The molecular weight excluding hydrogens is 244 g/mol. The highest BCUT2D eigenvalue weighted by molar-refractivity contribution is 5.85. The lowest BCUT2D eigenvalue weighted by molar-refractivity contribution is -0.122. The zero-order chi connectivity index (χ0) is 13.8. The molecule has 104 valence electrons. The number of nitrogens with two attached hydrogens (primary N) is 1. The first-order chi connectivity index (χ1) is 9.15. The number of aryl methyl sites for hydroxylation is 1. The van der Waals surface area contributed by atoms with Gasteiger partial charge in [0.05, 0.1) is 0 Å². The van der Waals surface area contributed by atoms with Crippen molar-refractivity contribution < 1.29 is 4.79 Å². The van der Waals surface area contributed by atoms with Gasteiger partial charge in [0.2, 0.25) is 5.91 Å². The predicted molar refractivity (Wildman–Crippen MR) is 73.6 cm³/mol. The van der Waals surface area contributed by atoms with Gasteiger partial charge in [0, 0.05) is 19.7 Å². The molecule has 1 saturated heterocycles. The minimum Gasteiger partial charge on any atom is -0.357 e. The lowest BCUT2D eigenvalue weighted by Gasteiger charge is -2.35. The maximum atomic E-state index is 12.0. The summed E-state index contributed by atoms with van der Waals surface area (Å²) in [5.74, 6) is 7.36.